The minimum atomic E-state index is 0. The quantitative estimate of drug-likeness (QED) is 0.272. The van der Waals surface area contributed by atoms with E-state index < -0.39 is 0 Å². The van der Waals surface area contributed by atoms with Crippen molar-refractivity contribution in [3.63, 3.8) is 0 Å². The van der Waals surface area contributed by atoms with E-state index in [1.807, 2.05) is 12.2 Å². The minimum absolute atomic E-state index is 0. The van der Waals surface area contributed by atoms with Crippen LogP contribution in [0.5, 0.6) is 0 Å². The molecule has 1 aliphatic rings. The fourth-order valence-corrected chi connectivity index (χ4v) is 4.92. The minimum Gasteiger partial charge on any atom is -0.126 e. The molecule has 0 heterocycles. The largest absolute Gasteiger partial charge is 0.126 e. The number of hydrogen-bond acceptors (Lipinski definition) is 0. The van der Waals surface area contributed by atoms with Gasteiger partial charge in [0.15, 0.2) is 0 Å². The summed E-state index contributed by atoms with van der Waals surface area (Å²) in [5.41, 5.74) is 2.88. The third kappa shape index (κ3) is 10.1. The van der Waals surface area contributed by atoms with Gasteiger partial charge >= 0.3 is 118 Å². The predicted molar refractivity (Wildman–Crippen MR) is 149 cm³/mol. The Balaban J connectivity index is 0.000000213. The summed E-state index contributed by atoms with van der Waals surface area (Å²) >= 11 is 1.57. The van der Waals surface area contributed by atoms with Gasteiger partial charge in [0, 0.05) is 0 Å². The van der Waals surface area contributed by atoms with E-state index in [0.29, 0.717) is 0 Å². The average molecular weight is 601 g/mol. The van der Waals surface area contributed by atoms with E-state index in [-0.39, 0.29) is 24.8 Å². The van der Waals surface area contributed by atoms with Gasteiger partial charge in [0.25, 0.3) is 0 Å². The van der Waals surface area contributed by atoms with Gasteiger partial charge < -0.3 is 24.8 Å². The topological polar surface area (TPSA) is 0 Å². The summed E-state index contributed by atoms with van der Waals surface area (Å²) in [5, 5.41) is 5.39. The zero-order valence-electron chi connectivity index (χ0n) is 20.8. The van der Waals surface area contributed by atoms with Crippen molar-refractivity contribution in [2.75, 3.05) is 0 Å². The summed E-state index contributed by atoms with van der Waals surface area (Å²) in [6.07, 6.45) is 13.5. The van der Waals surface area contributed by atoms with Crippen molar-refractivity contribution in [2.45, 2.75) is 25.7 Å². The Bertz CT molecular complexity index is 1340. The number of allylic oxidation sites excluding steroid dienone is 4. The van der Waals surface area contributed by atoms with Gasteiger partial charge in [-0.05, 0) is 0 Å². The number of halogens is 2. The van der Waals surface area contributed by atoms with Crippen LogP contribution in [-0.2, 0) is 37.1 Å². The molecule has 0 amide bonds. The van der Waals surface area contributed by atoms with Crippen LogP contribution in [0.25, 0.3) is 21.5 Å². The van der Waals surface area contributed by atoms with E-state index in [2.05, 4.69) is 127 Å². The van der Waals surface area contributed by atoms with Crippen LogP contribution < -0.4 is 24.8 Å². The molecule has 0 bridgehead atoms. The normalized spacial score (nSPS) is 11.0. The Hall–Kier alpha value is -2.44. The first kappa shape index (κ1) is 30.8. The summed E-state index contributed by atoms with van der Waals surface area (Å²) in [6.45, 7) is 0. The van der Waals surface area contributed by atoms with Crippen LogP contribution in [0.1, 0.15) is 24.0 Å². The third-order valence-corrected chi connectivity index (χ3v) is 6.98. The van der Waals surface area contributed by atoms with Gasteiger partial charge in [-0.2, -0.15) is 6.08 Å². The second-order valence-corrected chi connectivity index (χ2v) is 10.3. The molecule has 5 aromatic carbocycles. The summed E-state index contributed by atoms with van der Waals surface area (Å²) in [7, 11) is 0. The molecular weight excluding hydrogens is 571 g/mol. The van der Waals surface area contributed by atoms with E-state index in [1.54, 1.807) is 27.4 Å². The van der Waals surface area contributed by atoms with Crippen LogP contribution in [-0.4, -0.2) is 3.21 Å². The summed E-state index contributed by atoms with van der Waals surface area (Å²) < 4.78 is 1.65. The molecule has 186 valence electrons. The molecule has 0 aliphatic heterocycles. The maximum atomic E-state index is 2.99. The van der Waals surface area contributed by atoms with E-state index in [1.165, 1.54) is 45.5 Å². The van der Waals surface area contributed by atoms with Crippen molar-refractivity contribution in [2.24, 2.45) is 0 Å². The Morgan fingerprint density at radius 2 is 1.19 bits per heavy atom. The van der Waals surface area contributed by atoms with E-state index in [0.717, 1.165) is 12.8 Å². The van der Waals surface area contributed by atoms with Gasteiger partial charge in [-0.25, -0.2) is 12.2 Å². The van der Waals surface area contributed by atoms with Crippen LogP contribution >= 0.6 is 0 Å². The van der Waals surface area contributed by atoms with Crippen LogP contribution in [0.3, 0.4) is 0 Å². The van der Waals surface area contributed by atoms with Crippen molar-refractivity contribution in [1.82, 2.24) is 0 Å². The van der Waals surface area contributed by atoms with Gasteiger partial charge in [-0.1, -0.05) is 36.4 Å². The summed E-state index contributed by atoms with van der Waals surface area (Å²) in [6, 6.07) is 40.8. The molecule has 5 aromatic rings. The first-order chi connectivity index (χ1) is 17.3. The smallest absolute Gasteiger partial charge is 0.0771 e. The van der Waals surface area contributed by atoms with Crippen LogP contribution in [0.4, 0.5) is 0 Å². The third-order valence-electron chi connectivity index (χ3n) is 5.93. The number of rotatable bonds is 5. The molecule has 0 atom stereocenters. The Kier molecular flexibility index (Phi) is 14.3. The predicted octanol–water partition coefficient (Wildman–Crippen LogP) is 2.61. The molecule has 0 fully saturated rings. The second-order valence-electron chi connectivity index (χ2n) is 8.57. The number of fused-ring (bicyclic) bond motifs is 3. The van der Waals surface area contributed by atoms with Crippen molar-refractivity contribution < 1.29 is 49.0 Å². The van der Waals surface area contributed by atoms with Gasteiger partial charge in [0.1, 0.15) is 0 Å². The van der Waals surface area contributed by atoms with Crippen molar-refractivity contribution in [3.8, 4) is 0 Å². The summed E-state index contributed by atoms with van der Waals surface area (Å²) in [5.74, 6) is 0. The monoisotopic (exact) mass is 598 g/mol. The Morgan fingerprint density at radius 3 is 1.68 bits per heavy atom. The van der Waals surface area contributed by atoms with Crippen LogP contribution in [0.2, 0.25) is 0 Å². The molecule has 0 unspecified atom stereocenters. The molecule has 3 heteroatoms. The average Bonchev–Trinajstić information content (AvgIpc) is 3.61. The Morgan fingerprint density at radius 1 is 0.676 bits per heavy atom. The van der Waals surface area contributed by atoms with Gasteiger partial charge in [-0.15, -0.1) is 46.2 Å². The summed E-state index contributed by atoms with van der Waals surface area (Å²) in [4.78, 5) is 0. The molecule has 6 rings (SSSR count). The molecule has 0 saturated heterocycles. The van der Waals surface area contributed by atoms with Crippen LogP contribution in [0, 0.1) is 6.08 Å². The van der Waals surface area contributed by atoms with E-state index in [4.69, 9.17) is 0 Å². The molecule has 0 nitrogen and oxygen atoms in total. The first-order valence-electron chi connectivity index (χ1n) is 12.2. The van der Waals surface area contributed by atoms with Crippen molar-refractivity contribution in [1.29, 1.82) is 0 Å². The maximum absolute atomic E-state index is 2.99. The zero-order valence-corrected chi connectivity index (χ0v) is 24.8. The second kappa shape index (κ2) is 17.1. The number of aryl methyl sites for hydroxylation is 1. The van der Waals surface area contributed by atoms with Gasteiger partial charge in [0.05, 0.1) is 0 Å². The van der Waals surface area contributed by atoms with Gasteiger partial charge in [-0.3, -0.25) is 6.08 Å². The van der Waals surface area contributed by atoms with Crippen molar-refractivity contribution >= 4 is 24.8 Å². The molecule has 37 heavy (non-hydrogen) atoms. The number of hydrogen-bond donors (Lipinski definition) is 0. The molecule has 0 saturated carbocycles. The first-order valence-corrected chi connectivity index (χ1v) is 13.4. The standard InChI is InChI=1S/C16H16.C13H9.C5H5.2ClH.Zr/c1-3-9-15(10-4-1)13-7-8-14-16-11-5-2-6-12-16;1-3-7-12-10(5-1)9-11-6-2-4-8-13(11)12;1-2-4-5-3-1;;;/h1-6,9-12H,7,13-14H2;1-9H;1-3H,4H2;2*1H;/q;2*-1;;;+2/p-2. The van der Waals surface area contributed by atoms with E-state index >= 15 is 0 Å². The number of benzene rings is 4. The molecule has 0 spiro atoms. The fourth-order valence-electron chi connectivity index (χ4n) is 4.11. The van der Waals surface area contributed by atoms with Crippen molar-refractivity contribution in [3.05, 3.63) is 151 Å². The molecular formula is C34H30Cl2Zr-2. The van der Waals surface area contributed by atoms with Gasteiger partial charge in [0.2, 0.25) is 0 Å². The molecule has 0 aromatic heterocycles. The fraction of sp³-hybridized carbons (Fsp3) is 0.118. The van der Waals surface area contributed by atoms with E-state index in [9.17, 15) is 0 Å². The maximum Gasteiger partial charge on any atom is -0.0771 e. The molecule has 1 aliphatic carbocycles. The zero-order chi connectivity index (χ0) is 24.1. The van der Waals surface area contributed by atoms with Crippen LogP contribution in [0.15, 0.2) is 133 Å². The molecule has 0 N–H and O–H groups in total. The molecule has 0 radical (unpaired) electrons. The SMILES string of the molecule is [C-]1=CC=CC1.[Cl-].[Cl-].[Zr+2]=[C](CCc1ccccc1)Cc1ccccc1.c1ccc2c(c1)[cH-]c1ccccc12. The Labute approximate surface area is 248 Å².